The predicted octanol–water partition coefficient (Wildman–Crippen LogP) is 6.22. The van der Waals surface area contributed by atoms with Crippen LogP contribution in [0.25, 0.3) is 5.69 Å². The number of hydrogen-bond donors (Lipinski definition) is 1. The number of nitrogens with zero attached hydrogens (tertiary/aromatic N) is 3. The van der Waals surface area contributed by atoms with Crippen molar-refractivity contribution in [2.45, 2.75) is 19.8 Å². The lowest BCUT2D eigenvalue weighted by atomic mass is 9.97. The molecule has 0 spiro atoms. The Morgan fingerprint density at radius 3 is 2.71 bits per heavy atom. The number of likely N-dealkylation sites (tertiary alicyclic amines) is 1. The molecule has 0 radical (unpaired) electrons. The Kier molecular flexibility index (Phi) is 8.81. The van der Waals surface area contributed by atoms with Crippen LogP contribution in [0.4, 0.5) is 11.4 Å². The summed E-state index contributed by atoms with van der Waals surface area (Å²) in [6.45, 7) is 2.96. The minimum Gasteiger partial charge on any atom is -0.466 e. The van der Waals surface area contributed by atoms with Crippen LogP contribution in [0.2, 0.25) is 10.0 Å². The molecule has 1 saturated heterocycles. The second kappa shape index (κ2) is 13.1. The van der Waals surface area contributed by atoms with E-state index in [1.54, 1.807) is 66.4 Å². The Hall–Kier alpha value is -4.74. The zero-order valence-electron chi connectivity index (χ0n) is 24.1. The molecule has 232 valence electrons. The van der Waals surface area contributed by atoms with Gasteiger partial charge in [-0.15, -0.1) is 0 Å². The van der Waals surface area contributed by atoms with E-state index < -0.39 is 5.56 Å². The predicted molar refractivity (Wildman–Crippen MR) is 167 cm³/mol. The lowest BCUT2D eigenvalue weighted by Gasteiger charge is -2.31. The lowest BCUT2D eigenvalue weighted by molar-refractivity contribution is -0.149. The Bertz CT molecular complexity index is 1830. The number of fused-ring (bicyclic) bond motifs is 1. The van der Waals surface area contributed by atoms with Crippen LogP contribution in [-0.4, -0.2) is 53.0 Å². The van der Waals surface area contributed by atoms with Crippen molar-refractivity contribution in [3.05, 3.63) is 92.8 Å². The van der Waals surface area contributed by atoms with Crippen LogP contribution in [0.5, 0.6) is 23.0 Å². The van der Waals surface area contributed by atoms with Crippen molar-refractivity contribution in [2.24, 2.45) is 5.92 Å². The number of piperidine rings is 1. The standard InChI is InChI=1S/C32H28Cl2N4O7/c1-2-42-32(41)20-6-4-12-37(17-20)30(39)19-5-3-7-21(13-19)36-29-28(45-23-9-11-26-27(15-23)44-18-43-26)16-35-38(31(29)40)22-8-10-24(33)25(34)14-22/h3,5,7-11,13-16,20,36H,2,4,6,12,17-18H2,1H3/t20-/m1/s1. The first-order valence-electron chi connectivity index (χ1n) is 14.3. The third-order valence-corrected chi connectivity index (χ3v) is 8.11. The quantitative estimate of drug-likeness (QED) is 0.222. The zero-order chi connectivity index (χ0) is 31.5. The van der Waals surface area contributed by atoms with Crippen molar-refractivity contribution in [3.8, 4) is 28.7 Å². The van der Waals surface area contributed by atoms with Gasteiger partial charge in [-0.1, -0.05) is 29.3 Å². The van der Waals surface area contributed by atoms with Gasteiger partial charge >= 0.3 is 5.97 Å². The van der Waals surface area contributed by atoms with E-state index in [0.29, 0.717) is 65.2 Å². The zero-order valence-corrected chi connectivity index (χ0v) is 25.6. The lowest BCUT2D eigenvalue weighted by Crippen LogP contribution is -2.42. The van der Waals surface area contributed by atoms with Crippen molar-refractivity contribution in [3.63, 3.8) is 0 Å². The van der Waals surface area contributed by atoms with E-state index in [1.165, 1.54) is 12.3 Å². The van der Waals surface area contributed by atoms with Crippen LogP contribution in [0.15, 0.2) is 71.7 Å². The van der Waals surface area contributed by atoms with Crippen LogP contribution in [0.3, 0.4) is 0 Å². The smallest absolute Gasteiger partial charge is 0.310 e. The molecule has 4 aromatic rings. The summed E-state index contributed by atoms with van der Waals surface area (Å²) in [5.74, 6) is 0.715. The summed E-state index contributed by atoms with van der Waals surface area (Å²) in [4.78, 5) is 41.4. The maximum atomic E-state index is 13.9. The molecular formula is C32H28Cl2N4O7. The van der Waals surface area contributed by atoms with Crippen molar-refractivity contribution >= 4 is 46.5 Å². The fourth-order valence-electron chi connectivity index (χ4n) is 5.17. The molecule has 3 heterocycles. The van der Waals surface area contributed by atoms with E-state index in [4.69, 9.17) is 42.1 Å². The molecule has 6 rings (SSSR count). The maximum absolute atomic E-state index is 13.9. The van der Waals surface area contributed by atoms with E-state index in [-0.39, 0.29) is 47.6 Å². The average Bonchev–Trinajstić information content (AvgIpc) is 3.52. The van der Waals surface area contributed by atoms with E-state index in [0.717, 1.165) is 4.68 Å². The van der Waals surface area contributed by atoms with E-state index >= 15 is 0 Å². The van der Waals surface area contributed by atoms with Crippen LogP contribution in [0.1, 0.15) is 30.1 Å². The van der Waals surface area contributed by atoms with Crippen molar-refractivity contribution in [2.75, 3.05) is 31.8 Å². The molecule has 45 heavy (non-hydrogen) atoms. The van der Waals surface area contributed by atoms with Gasteiger partial charge in [-0.3, -0.25) is 14.4 Å². The number of nitrogens with one attached hydrogen (secondary N) is 1. The van der Waals surface area contributed by atoms with Crippen LogP contribution in [-0.2, 0) is 9.53 Å². The Morgan fingerprint density at radius 1 is 1.04 bits per heavy atom. The molecule has 0 aliphatic carbocycles. The molecular weight excluding hydrogens is 623 g/mol. The second-order valence-corrected chi connectivity index (χ2v) is 11.2. The third-order valence-electron chi connectivity index (χ3n) is 7.37. The molecule has 0 bridgehead atoms. The molecule has 2 aliphatic heterocycles. The molecule has 1 aromatic heterocycles. The number of amides is 1. The molecule has 1 amide bonds. The summed E-state index contributed by atoms with van der Waals surface area (Å²) in [6, 6.07) is 16.5. The maximum Gasteiger partial charge on any atom is 0.310 e. The highest BCUT2D eigenvalue weighted by atomic mass is 35.5. The molecule has 1 atom stereocenters. The summed E-state index contributed by atoms with van der Waals surface area (Å²) >= 11 is 12.3. The highest BCUT2D eigenvalue weighted by molar-refractivity contribution is 6.42. The Labute approximate surface area is 268 Å². The van der Waals surface area contributed by atoms with Gasteiger partial charge in [-0.2, -0.15) is 9.78 Å². The fraction of sp³-hybridized carbons (Fsp3) is 0.250. The summed E-state index contributed by atoms with van der Waals surface area (Å²) in [5.41, 5.74) is 0.744. The molecule has 0 unspecified atom stereocenters. The van der Waals surface area contributed by atoms with Crippen molar-refractivity contribution < 1.29 is 28.5 Å². The molecule has 0 saturated carbocycles. The summed E-state index contributed by atoms with van der Waals surface area (Å²) in [6.07, 6.45) is 2.76. The number of carbonyl (C=O) groups is 2. The minimum absolute atomic E-state index is 0.0543. The van der Waals surface area contributed by atoms with Crippen molar-refractivity contribution in [1.29, 1.82) is 0 Å². The number of rotatable bonds is 8. The first-order valence-corrected chi connectivity index (χ1v) is 15.0. The number of aromatic nitrogens is 2. The molecule has 3 aromatic carbocycles. The van der Waals surface area contributed by atoms with Gasteiger partial charge in [0.1, 0.15) is 5.75 Å². The van der Waals surface area contributed by atoms with Crippen LogP contribution in [0, 0.1) is 5.92 Å². The first-order chi connectivity index (χ1) is 21.8. The van der Waals surface area contributed by atoms with Gasteiger partial charge in [0.2, 0.25) is 6.79 Å². The SMILES string of the molecule is CCOC(=O)[C@@H]1CCCN(C(=O)c2cccc(Nc3c(Oc4ccc5c(c4)OCO5)cnn(-c4ccc(Cl)c(Cl)c4)c3=O)c2)C1. The number of hydrogen-bond acceptors (Lipinski definition) is 9. The van der Waals surface area contributed by atoms with Gasteiger partial charge in [0.25, 0.3) is 11.5 Å². The average molecular weight is 652 g/mol. The first kappa shape index (κ1) is 30.3. The van der Waals surface area contributed by atoms with Gasteiger partial charge in [0.05, 0.1) is 34.5 Å². The fourth-order valence-corrected chi connectivity index (χ4v) is 5.46. The monoisotopic (exact) mass is 650 g/mol. The van der Waals surface area contributed by atoms with Crippen LogP contribution >= 0.6 is 23.2 Å². The number of halogens is 2. The summed E-state index contributed by atoms with van der Waals surface area (Å²) in [7, 11) is 0. The minimum atomic E-state index is -0.545. The van der Waals surface area contributed by atoms with E-state index in [1.807, 2.05) is 0 Å². The topological polar surface area (TPSA) is 121 Å². The van der Waals surface area contributed by atoms with Crippen molar-refractivity contribution in [1.82, 2.24) is 14.7 Å². The number of carbonyl (C=O) groups excluding carboxylic acids is 2. The number of anilines is 2. The van der Waals surface area contributed by atoms with Gasteiger partial charge < -0.3 is 29.2 Å². The second-order valence-electron chi connectivity index (χ2n) is 10.4. The molecule has 11 nitrogen and oxygen atoms in total. The number of benzene rings is 3. The van der Waals surface area contributed by atoms with Gasteiger partial charge in [0.15, 0.2) is 22.9 Å². The summed E-state index contributed by atoms with van der Waals surface area (Å²) < 4.78 is 23.3. The highest BCUT2D eigenvalue weighted by Crippen LogP contribution is 2.38. The third kappa shape index (κ3) is 6.54. The van der Waals surface area contributed by atoms with E-state index in [2.05, 4.69) is 10.4 Å². The van der Waals surface area contributed by atoms with Gasteiger partial charge in [-0.25, -0.2) is 0 Å². The normalized spacial score (nSPS) is 15.4. The highest BCUT2D eigenvalue weighted by Gasteiger charge is 2.30. The van der Waals surface area contributed by atoms with Gasteiger partial charge in [0, 0.05) is 30.4 Å². The molecule has 2 aliphatic rings. The van der Waals surface area contributed by atoms with E-state index in [9.17, 15) is 14.4 Å². The molecule has 1 fully saturated rings. The van der Waals surface area contributed by atoms with Crippen LogP contribution < -0.4 is 25.1 Å². The number of esters is 1. The summed E-state index contributed by atoms with van der Waals surface area (Å²) in [5, 5.41) is 8.04. The Balaban J connectivity index is 1.32. The number of ether oxygens (including phenoxy) is 4. The largest absolute Gasteiger partial charge is 0.466 e. The Morgan fingerprint density at radius 2 is 1.89 bits per heavy atom. The molecule has 1 N–H and O–H groups in total. The molecule has 13 heteroatoms. The van der Waals surface area contributed by atoms with Gasteiger partial charge in [-0.05, 0) is 68.3 Å².